The first-order valence-electron chi connectivity index (χ1n) is 6.91. The molecular formula is C15H24ClN3. The summed E-state index contributed by atoms with van der Waals surface area (Å²) in [6.07, 6.45) is 1.21. The molecule has 4 heteroatoms. The van der Waals surface area contributed by atoms with Gasteiger partial charge in [-0.05, 0) is 52.2 Å². The molecule has 106 valence electrons. The Balaban J connectivity index is 2.14. The molecule has 1 fully saturated rings. The number of benzene rings is 1. The standard InChI is InChI=1S/C15H24ClN3/c1-11(17-2)12-5-6-15(14(16)9-12)19-8-7-13(10-19)18(3)4/h5-6,9,11,13,17H,7-8,10H2,1-4H3. The van der Waals surface area contributed by atoms with Crippen molar-refractivity contribution in [3.63, 3.8) is 0 Å². The van der Waals surface area contributed by atoms with Crippen molar-refractivity contribution in [1.29, 1.82) is 0 Å². The minimum Gasteiger partial charge on any atom is -0.369 e. The maximum absolute atomic E-state index is 6.45. The second kappa shape index (κ2) is 6.12. The number of hydrogen-bond donors (Lipinski definition) is 1. The van der Waals surface area contributed by atoms with Crippen LogP contribution in [-0.2, 0) is 0 Å². The van der Waals surface area contributed by atoms with Gasteiger partial charge in [-0.15, -0.1) is 0 Å². The van der Waals surface area contributed by atoms with Gasteiger partial charge in [-0.1, -0.05) is 17.7 Å². The molecule has 1 saturated heterocycles. The Bertz CT molecular complexity index is 433. The lowest BCUT2D eigenvalue weighted by molar-refractivity contribution is 0.315. The van der Waals surface area contributed by atoms with Crippen LogP contribution < -0.4 is 10.2 Å². The van der Waals surface area contributed by atoms with E-state index in [1.807, 2.05) is 7.05 Å². The van der Waals surface area contributed by atoms with Crippen LogP contribution in [0.15, 0.2) is 18.2 Å². The third kappa shape index (κ3) is 3.22. The normalized spacial score (nSPS) is 21.2. The molecule has 1 aliphatic heterocycles. The lowest BCUT2D eigenvalue weighted by Crippen LogP contribution is -2.31. The number of halogens is 1. The molecule has 0 saturated carbocycles. The van der Waals surface area contributed by atoms with Crippen molar-refractivity contribution in [2.75, 3.05) is 39.1 Å². The van der Waals surface area contributed by atoms with Gasteiger partial charge in [0.15, 0.2) is 0 Å². The zero-order valence-corrected chi connectivity index (χ0v) is 13.0. The van der Waals surface area contributed by atoms with E-state index >= 15 is 0 Å². The largest absolute Gasteiger partial charge is 0.369 e. The van der Waals surface area contributed by atoms with Gasteiger partial charge in [0.2, 0.25) is 0 Å². The second-order valence-corrected chi connectivity index (χ2v) is 5.98. The van der Waals surface area contributed by atoms with Gasteiger partial charge in [0, 0.05) is 25.2 Å². The predicted octanol–water partition coefficient (Wildman–Crippen LogP) is 2.76. The van der Waals surface area contributed by atoms with Gasteiger partial charge in [-0.25, -0.2) is 0 Å². The van der Waals surface area contributed by atoms with E-state index in [2.05, 4.69) is 54.3 Å². The topological polar surface area (TPSA) is 18.5 Å². The Morgan fingerprint density at radius 1 is 1.42 bits per heavy atom. The van der Waals surface area contributed by atoms with E-state index in [4.69, 9.17) is 11.6 Å². The maximum Gasteiger partial charge on any atom is 0.0642 e. The minimum absolute atomic E-state index is 0.333. The molecule has 0 aliphatic carbocycles. The van der Waals surface area contributed by atoms with Gasteiger partial charge < -0.3 is 15.1 Å². The van der Waals surface area contributed by atoms with Crippen LogP contribution in [0, 0.1) is 0 Å². The zero-order chi connectivity index (χ0) is 14.0. The van der Waals surface area contributed by atoms with E-state index in [-0.39, 0.29) is 0 Å². The summed E-state index contributed by atoms with van der Waals surface area (Å²) in [4.78, 5) is 4.69. The highest BCUT2D eigenvalue weighted by Crippen LogP contribution is 2.31. The third-order valence-corrected chi connectivity index (χ3v) is 4.44. The fraction of sp³-hybridized carbons (Fsp3) is 0.600. The van der Waals surface area contributed by atoms with E-state index < -0.39 is 0 Å². The Labute approximate surface area is 121 Å². The molecule has 2 rings (SSSR count). The molecular weight excluding hydrogens is 258 g/mol. The Hall–Kier alpha value is -0.770. The molecule has 1 N–H and O–H groups in total. The number of nitrogens with zero attached hydrogens (tertiary/aromatic N) is 2. The average molecular weight is 282 g/mol. The highest BCUT2D eigenvalue weighted by molar-refractivity contribution is 6.33. The van der Waals surface area contributed by atoms with Gasteiger partial charge in [0.25, 0.3) is 0 Å². The number of hydrogen-bond acceptors (Lipinski definition) is 3. The van der Waals surface area contributed by atoms with Crippen LogP contribution in [0.25, 0.3) is 0 Å². The zero-order valence-electron chi connectivity index (χ0n) is 12.3. The van der Waals surface area contributed by atoms with Crippen molar-refractivity contribution in [2.45, 2.75) is 25.4 Å². The lowest BCUT2D eigenvalue weighted by Gasteiger charge is -2.23. The SMILES string of the molecule is CNC(C)c1ccc(N2CCC(N(C)C)C2)c(Cl)c1. The predicted molar refractivity (Wildman–Crippen MR) is 83.2 cm³/mol. The highest BCUT2D eigenvalue weighted by Gasteiger charge is 2.25. The van der Waals surface area contributed by atoms with E-state index in [1.165, 1.54) is 12.0 Å². The summed E-state index contributed by atoms with van der Waals surface area (Å²) >= 11 is 6.45. The number of nitrogens with one attached hydrogen (secondary N) is 1. The summed E-state index contributed by atoms with van der Waals surface area (Å²) < 4.78 is 0. The molecule has 19 heavy (non-hydrogen) atoms. The van der Waals surface area contributed by atoms with Crippen molar-refractivity contribution in [3.8, 4) is 0 Å². The quantitative estimate of drug-likeness (QED) is 0.916. The first-order chi connectivity index (χ1) is 9.02. The number of likely N-dealkylation sites (N-methyl/N-ethyl adjacent to an activating group) is 1. The van der Waals surface area contributed by atoms with Crippen LogP contribution in [0.3, 0.4) is 0 Å². The Morgan fingerprint density at radius 3 is 2.68 bits per heavy atom. The Morgan fingerprint density at radius 2 is 2.16 bits per heavy atom. The lowest BCUT2D eigenvalue weighted by atomic mass is 10.1. The van der Waals surface area contributed by atoms with Crippen LogP contribution in [0.2, 0.25) is 5.02 Å². The Kier molecular flexibility index (Phi) is 4.71. The minimum atomic E-state index is 0.333. The third-order valence-electron chi connectivity index (χ3n) is 4.14. The van der Waals surface area contributed by atoms with Gasteiger partial charge in [0.05, 0.1) is 10.7 Å². The summed E-state index contributed by atoms with van der Waals surface area (Å²) in [5.74, 6) is 0. The van der Waals surface area contributed by atoms with Gasteiger partial charge in [-0.3, -0.25) is 0 Å². The van der Waals surface area contributed by atoms with E-state index in [1.54, 1.807) is 0 Å². The van der Waals surface area contributed by atoms with Crippen molar-refractivity contribution in [3.05, 3.63) is 28.8 Å². The van der Waals surface area contributed by atoms with E-state index in [0.29, 0.717) is 12.1 Å². The molecule has 1 heterocycles. The molecule has 2 atom stereocenters. The summed E-state index contributed by atoms with van der Waals surface area (Å²) in [5, 5.41) is 4.10. The van der Waals surface area contributed by atoms with Gasteiger partial charge in [-0.2, -0.15) is 0 Å². The molecule has 0 amide bonds. The second-order valence-electron chi connectivity index (χ2n) is 5.57. The van der Waals surface area contributed by atoms with Crippen LogP contribution in [-0.4, -0.2) is 45.2 Å². The maximum atomic E-state index is 6.45. The van der Waals surface area contributed by atoms with Crippen LogP contribution in [0.4, 0.5) is 5.69 Å². The van der Waals surface area contributed by atoms with Crippen molar-refractivity contribution in [1.82, 2.24) is 10.2 Å². The molecule has 0 spiro atoms. The van der Waals surface area contributed by atoms with E-state index in [0.717, 1.165) is 23.8 Å². The summed E-state index contributed by atoms with van der Waals surface area (Å²) in [6.45, 7) is 4.29. The molecule has 1 aromatic rings. The number of anilines is 1. The van der Waals surface area contributed by atoms with Gasteiger partial charge >= 0.3 is 0 Å². The summed E-state index contributed by atoms with van der Waals surface area (Å²) in [5.41, 5.74) is 2.40. The molecule has 1 aliphatic rings. The summed E-state index contributed by atoms with van der Waals surface area (Å²) in [7, 11) is 6.26. The fourth-order valence-electron chi connectivity index (χ4n) is 2.60. The monoisotopic (exact) mass is 281 g/mol. The van der Waals surface area contributed by atoms with Crippen molar-refractivity contribution in [2.24, 2.45) is 0 Å². The van der Waals surface area contributed by atoms with Crippen molar-refractivity contribution < 1.29 is 0 Å². The van der Waals surface area contributed by atoms with E-state index in [9.17, 15) is 0 Å². The highest BCUT2D eigenvalue weighted by atomic mass is 35.5. The fourth-order valence-corrected chi connectivity index (χ4v) is 2.91. The molecule has 1 aromatic carbocycles. The average Bonchev–Trinajstić information content (AvgIpc) is 2.87. The first-order valence-corrected chi connectivity index (χ1v) is 7.28. The molecule has 0 radical (unpaired) electrons. The van der Waals surface area contributed by atoms with Gasteiger partial charge in [0.1, 0.15) is 0 Å². The van der Waals surface area contributed by atoms with Crippen LogP contribution in [0.1, 0.15) is 24.9 Å². The van der Waals surface area contributed by atoms with Crippen molar-refractivity contribution >= 4 is 17.3 Å². The number of rotatable bonds is 4. The first kappa shape index (κ1) is 14.6. The molecule has 0 aromatic heterocycles. The van der Waals surface area contributed by atoms with Crippen LogP contribution >= 0.6 is 11.6 Å². The molecule has 0 bridgehead atoms. The smallest absolute Gasteiger partial charge is 0.0642 e. The van der Waals surface area contributed by atoms with Crippen LogP contribution in [0.5, 0.6) is 0 Å². The molecule has 2 unspecified atom stereocenters. The molecule has 3 nitrogen and oxygen atoms in total. The summed E-state index contributed by atoms with van der Waals surface area (Å²) in [6, 6.07) is 7.38.